The van der Waals surface area contributed by atoms with Crippen molar-refractivity contribution in [1.29, 1.82) is 0 Å². The smallest absolute Gasteiger partial charge is 0.321 e. The Bertz CT molecular complexity index is 305. The highest BCUT2D eigenvalue weighted by molar-refractivity contribution is 5.96. The van der Waals surface area contributed by atoms with Crippen molar-refractivity contribution >= 4 is 17.8 Å². The van der Waals surface area contributed by atoms with Gasteiger partial charge in [-0.3, -0.25) is 20.2 Å². The fourth-order valence-corrected chi connectivity index (χ4v) is 1.00. The van der Waals surface area contributed by atoms with Crippen molar-refractivity contribution in [1.82, 2.24) is 21.3 Å². The van der Waals surface area contributed by atoms with Crippen molar-refractivity contribution in [3.05, 3.63) is 0 Å². The van der Waals surface area contributed by atoms with E-state index in [2.05, 4.69) is 21.3 Å². The largest absolute Gasteiger partial charge is 0.355 e. The highest BCUT2D eigenvalue weighted by Gasteiger charge is 2.15. The van der Waals surface area contributed by atoms with Gasteiger partial charge in [-0.1, -0.05) is 13.8 Å². The Morgan fingerprint density at radius 2 is 1.72 bits per heavy atom. The lowest BCUT2D eigenvalue weighted by Crippen LogP contribution is -2.49. The molecule has 0 aliphatic rings. The zero-order valence-electron chi connectivity index (χ0n) is 11.3. The number of hydrogen-bond acceptors (Lipinski definition) is 4. The minimum Gasteiger partial charge on any atom is -0.355 e. The first-order valence-corrected chi connectivity index (χ1v) is 5.89. The zero-order chi connectivity index (χ0) is 14.1. The van der Waals surface area contributed by atoms with Crippen LogP contribution in [0.4, 0.5) is 4.79 Å². The van der Waals surface area contributed by atoms with Gasteiger partial charge in [0.25, 0.3) is 0 Å². The summed E-state index contributed by atoms with van der Waals surface area (Å²) in [4.78, 5) is 33.7. The van der Waals surface area contributed by atoms with Crippen LogP contribution in [0.1, 0.15) is 20.8 Å². The van der Waals surface area contributed by atoms with Gasteiger partial charge < -0.3 is 10.6 Å². The summed E-state index contributed by atoms with van der Waals surface area (Å²) >= 11 is 0. The van der Waals surface area contributed by atoms with Crippen LogP contribution in [0.25, 0.3) is 0 Å². The van der Waals surface area contributed by atoms with Crippen LogP contribution in [0.2, 0.25) is 0 Å². The molecule has 0 fully saturated rings. The third-order valence-electron chi connectivity index (χ3n) is 2.13. The first-order chi connectivity index (χ1) is 8.36. The average Bonchev–Trinajstić information content (AvgIpc) is 2.32. The molecule has 1 unspecified atom stereocenters. The molecule has 7 heteroatoms. The average molecular weight is 258 g/mol. The molecule has 0 heterocycles. The summed E-state index contributed by atoms with van der Waals surface area (Å²) in [5.41, 5.74) is 0. The van der Waals surface area contributed by atoms with E-state index in [1.807, 2.05) is 13.8 Å². The van der Waals surface area contributed by atoms with E-state index in [9.17, 15) is 14.4 Å². The monoisotopic (exact) mass is 258 g/mol. The Balaban J connectivity index is 3.88. The first-order valence-electron chi connectivity index (χ1n) is 5.89. The van der Waals surface area contributed by atoms with Crippen molar-refractivity contribution in [2.45, 2.75) is 26.8 Å². The minimum absolute atomic E-state index is 0.0368. The number of carbonyl (C=O) groups excluding carboxylic acids is 3. The van der Waals surface area contributed by atoms with E-state index in [4.69, 9.17) is 0 Å². The molecule has 4 N–H and O–H groups in total. The van der Waals surface area contributed by atoms with Crippen LogP contribution in [0.5, 0.6) is 0 Å². The van der Waals surface area contributed by atoms with Gasteiger partial charge in [0.05, 0.1) is 12.6 Å². The molecule has 104 valence electrons. The summed E-state index contributed by atoms with van der Waals surface area (Å²) < 4.78 is 0. The maximum atomic E-state index is 11.4. The molecule has 0 rings (SSSR count). The summed E-state index contributed by atoms with van der Waals surface area (Å²) in [6.07, 6.45) is 0. The Labute approximate surface area is 107 Å². The summed E-state index contributed by atoms with van der Waals surface area (Å²) in [6.45, 7) is 6.20. The summed E-state index contributed by atoms with van der Waals surface area (Å²) in [5, 5.41) is 9.84. The molecule has 0 aromatic rings. The molecule has 0 aromatic heterocycles. The number of hydrogen-bond donors (Lipinski definition) is 4. The van der Waals surface area contributed by atoms with Crippen molar-refractivity contribution in [3.63, 3.8) is 0 Å². The van der Waals surface area contributed by atoms with Gasteiger partial charge in [-0.05, 0) is 12.8 Å². The molecule has 0 saturated heterocycles. The standard InChI is InChI=1S/C11H22N4O3/c1-7(2)5-14-9(16)6-13-8(3)10(17)15-11(18)12-4/h7-8,13H,5-6H2,1-4H3,(H,14,16)(H2,12,15,17,18). The van der Waals surface area contributed by atoms with Gasteiger partial charge >= 0.3 is 6.03 Å². The topological polar surface area (TPSA) is 99.3 Å². The van der Waals surface area contributed by atoms with E-state index in [0.717, 1.165) is 0 Å². The van der Waals surface area contributed by atoms with E-state index in [1.54, 1.807) is 6.92 Å². The highest BCUT2D eigenvalue weighted by Crippen LogP contribution is 1.87. The molecule has 4 amide bonds. The van der Waals surface area contributed by atoms with Gasteiger partial charge in [0.1, 0.15) is 0 Å². The van der Waals surface area contributed by atoms with Gasteiger partial charge in [-0.15, -0.1) is 0 Å². The zero-order valence-corrected chi connectivity index (χ0v) is 11.3. The van der Waals surface area contributed by atoms with Gasteiger partial charge in [0.2, 0.25) is 11.8 Å². The van der Waals surface area contributed by atoms with Crippen molar-refractivity contribution < 1.29 is 14.4 Å². The maximum Gasteiger partial charge on any atom is 0.321 e. The molecular formula is C11H22N4O3. The predicted octanol–water partition coefficient (Wildman–Crippen LogP) is -0.808. The lowest BCUT2D eigenvalue weighted by molar-refractivity contribution is -0.122. The number of urea groups is 1. The maximum absolute atomic E-state index is 11.4. The first kappa shape index (κ1) is 16.4. The van der Waals surface area contributed by atoms with Crippen LogP contribution in [0.3, 0.4) is 0 Å². The quantitative estimate of drug-likeness (QED) is 0.501. The Morgan fingerprint density at radius 3 is 2.22 bits per heavy atom. The second-order valence-electron chi connectivity index (χ2n) is 4.37. The van der Waals surface area contributed by atoms with E-state index < -0.39 is 18.0 Å². The van der Waals surface area contributed by atoms with E-state index >= 15 is 0 Å². The number of nitrogens with one attached hydrogen (secondary N) is 4. The summed E-state index contributed by atoms with van der Waals surface area (Å²) in [6, 6.07) is -1.19. The number of imide groups is 1. The Kier molecular flexibility index (Phi) is 7.69. The SMILES string of the molecule is CNC(=O)NC(=O)C(C)NCC(=O)NCC(C)C. The molecule has 0 bridgehead atoms. The Hall–Kier alpha value is -1.63. The van der Waals surface area contributed by atoms with Gasteiger partial charge in [0.15, 0.2) is 0 Å². The van der Waals surface area contributed by atoms with E-state index in [-0.39, 0.29) is 12.5 Å². The van der Waals surface area contributed by atoms with Crippen LogP contribution >= 0.6 is 0 Å². The van der Waals surface area contributed by atoms with Crippen molar-refractivity contribution in [2.75, 3.05) is 20.1 Å². The van der Waals surface area contributed by atoms with E-state index in [1.165, 1.54) is 7.05 Å². The molecule has 0 aromatic carbocycles. The highest BCUT2D eigenvalue weighted by atomic mass is 16.2. The van der Waals surface area contributed by atoms with Crippen molar-refractivity contribution in [3.8, 4) is 0 Å². The third-order valence-corrected chi connectivity index (χ3v) is 2.13. The fraction of sp³-hybridized carbons (Fsp3) is 0.727. The molecular weight excluding hydrogens is 236 g/mol. The molecule has 7 nitrogen and oxygen atoms in total. The molecule has 1 atom stereocenters. The van der Waals surface area contributed by atoms with Gasteiger partial charge in [-0.25, -0.2) is 4.79 Å². The van der Waals surface area contributed by atoms with Crippen LogP contribution in [-0.4, -0.2) is 44.0 Å². The van der Waals surface area contributed by atoms with Gasteiger partial charge in [-0.2, -0.15) is 0 Å². The number of carbonyl (C=O) groups is 3. The number of rotatable bonds is 6. The minimum atomic E-state index is -0.618. The molecule has 0 aliphatic heterocycles. The van der Waals surface area contributed by atoms with Crippen LogP contribution in [-0.2, 0) is 9.59 Å². The molecule has 0 saturated carbocycles. The normalized spacial score (nSPS) is 11.8. The predicted molar refractivity (Wildman–Crippen MR) is 67.9 cm³/mol. The molecule has 0 radical (unpaired) electrons. The second-order valence-corrected chi connectivity index (χ2v) is 4.37. The summed E-state index contributed by atoms with van der Waals surface area (Å²) in [5.74, 6) is -0.280. The molecule has 0 spiro atoms. The third kappa shape index (κ3) is 7.61. The second kappa shape index (κ2) is 8.46. The molecule has 18 heavy (non-hydrogen) atoms. The van der Waals surface area contributed by atoms with Crippen molar-refractivity contribution in [2.24, 2.45) is 5.92 Å². The van der Waals surface area contributed by atoms with Crippen LogP contribution in [0, 0.1) is 5.92 Å². The van der Waals surface area contributed by atoms with Crippen LogP contribution < -0.4 is 21.3 Å². The van der Waals surface area contributed by atoms with Crippen LogP contribution in [0.15, 0.2) is 0 Å². The van der Waals surface area contributed by atoms with E-state index in [0.29, 0.717) is 12.5 Å². The lowest BCUT2D eigenvalue weighted by atomic mass is 10.2. The van der Waals surface area contributed by atoms with Gasteiger partial charge in [0, 0.05) is 13.6 Å². The fourth-order valence-electron chi connectivity index (χ4n) is 1.00. The Morgan fingerprint density at radius 1 is 1.11 bits per heavy atom. The number of amides is 4. The molecule has 0 aliphatic carbocycles. The lowest BCUT2D eigenvalue weighted by Gasteiger charge is -2.13. The summed E-state index contributed by atoms with van der Waals surface area (Å²) in [7, 11) is 1.42.